The first-order valence-electron chi connectivity index (χ1n) is 9.18. The molecule has 1 aliphatic heterocycles. The molecule has 148 valence electrons. The van der Waals surface area contributed by atoms with Crippen LogP contribution in [0, 0.1) is 5.82 Å². The van der Waals surface area contributed by atoms with Crippen molar-refractivity contribution in [2.45, 2.75) is 17.2 Å². The number of thioether (sulfide) groups is 1. The largest absolute Gasteiger partial charge is 0.454 e. The number of benzene rings is 2. The fourth-order valence-electron chi connectivity index (χ4n) is 2.92. The summed E-state index contributed by atoms with van der Waals surface area (Å²) in [6.07, 6.45) is 2.34. The molecule has 1 N–H and O–H groups in total. The number of aromatic nitrogens is 1. The lowest BCUT2D eigenvalue weighted by atomic mass is 10.1. The molecule has 3 aromatic rings. The molecule has 4 rings (SSSR count). The van der Waals surface area contributed by atoms with Crippen LogP contribution in [0.4, 0.5) is 4.39 Å². The molecule has 0 atom stereocenters. The zero-order chi connectivity index (χ0) is 20.1. The Morgan fingerprint density at radius 2 is 1.86 bits per heavy atom. The Balaban J connectivity index is 1.34. The maximum absolute atomic E-state index is 13.0. The SMILES string of the molecule is O=C(NCCc1ccc2c(c1)OCO2)c1cccnc1SCc1ccc(F)cc1. The molecule has 0 spiro atoms. The first kappa shape index (κ1) is 19.3. The lowest BCUT2D eigenvalue weighted by Gasteiger charge is -2.09. The van der Waals surface area contributed by atoms with Crippen molar-refractivity contribution in [1.29, 1.82) is 0 Å². The third-order valence-corrected chi connectivity index (χ3v) is 5.52. The Kier molecular flexibility index (Phi) is 5.95. The van der Waals surface area contributed by atoms with Gasteiger partial charge in [0.2, 0.25) is 6.79 Å². The van der Waals surface area contributed by atoms with Crippen molar-refractivity contribution in [3.63, 3.8) is 0 Å². The van der Waals surface area contributed by atoms with E-state index in [1.165, 1.54) is 23.9 Å². The zero-order valence-corrected chi connectivity index (χ0v) is 16.4. The van der Waals surface area contributed by atoms with E-state index in [9.17, 15) is 9.18 Å². The smallest absolute Gasteiger partial charge is 0.254 e. The summed E-state index contributed by atoms with van der Waals surface area (Å²) >= 11 is 1.45. The van der Waals surface area contributed by atoms with Gasteiger partial charge in [-0.15, -0.1) is 11.8 Å². The Bertz CT molecular complexity index is 1010. The number of hydrogen-bond acceptors (Lipinski definition) is 5. The highest BCUT2D eigenvalue weighted by atomic mass is 32.2. The molecule has 29 heavy (non-hydrogen) atoms. The van der Waals surface area contributed by atoms with Crippen LogP contribution >= 0.6 is 11.8 Å². The number of fused-ring (bicyclic) bond motifs is 1. The van der Waals surface area contributed by atoms with Crippen molar-refractivity contribution in [2.75, 3.05) is 13.3 Å². The van der Waals surface area contributed by atoms with Gasteiger partial charge in [-0.25, -0.2) is 9.37 Å². The van der Waals surface area contributed by atoms with Gasteiger partial charge >= 0.3 is 0 Å². The third-order valence-electron chi connectivity index (χ3n) is 4.44. The molecule has 5 nitrogen and oxygen atoms in total. The van der Waals surface area contributed by atoms with Crippen LogP contribution in [0.25, 0.3) is 0 Å². The number of halogens is 1. The maximum atomic E-state index is 13.0. The molecule has 0 saturated heterocycles. The molecule has 0 unspecified atom stereocenters. The standard InChI is InChI=1S/C22H19FN2O3S/c23-17-6-3-16(4-7-17)13-29-22-18(2-1-10-25-22)21(26)24-11-9-15-5-8-19-20(12-15)28-14-27-19/h1-8,10,12H,9,11,13-14H2,(H,24,26). The van der Waals surface area contributed by atoms with Crippen molar-refractivity contribution in [1.82, 2.24) is 10.3 Å². The predicted octanol–water partition coefficient (Wildman–Crippen LogP) is 4.21. The highest BCUT2D eigenvalue weighted by molar-refractivity contribution is 7.98. The first-order chi connectivity index (χ1) is 14.2. The Hall–Kier alpha value is -3.06. The average molecular weight is 410 g/mol. The number of ether oxygens (including phenoxy) is 2. The fourth-order valence-corrected chi connectivity index (χ4v) is 3.87. The minimum atomic E-state index is -0.265. The highest BCUT2D eigenvalue weighted by Gasteiger charge is 2.15. The molecule has 0 radical (unpaired) electrons. The number of amides is 1. The van der Waals surface area contributed by atoms with Crippen LogP contribution in [0.1, 0.15) is 21.5 Å². The number of hydrogen-bond donors (Lipinski definition) is 1. The topological polar surface area (TPSA) is 60.5 Å². The summed E-state index contributed by atoms with van der Waals surface area (Å²) in [6, 6.07) is 15.6. The number of nitrogens with zero attached hydrogens (tertiary/aromatic N) is 1. The van der Waals surface area contributed by atoms with Crippen molar-refractivity contribution in [3.8, 4) is 11.5 Å². The quantitative estimate of drug-likeness (QED) is 0.591. The summed E-state index contributed by atoms with van der Waals surface area (Å²) in [5.74, 6) is 1.66. The van der Waals surface area contributed by atoms with Gasteiger partial charge in [0.1, 0.15) is 10.8 Å². The van der Waals surface area contributed by atoms with Crippen LogP contribution < -0.4 is 14.8 Å². The van der Waals surface area contributed by atoms with E-state index < -0.39 is 0 Å². The van der Waals surface area contributed by atoms with Gasteiger partial charge in [0.15, 0.2) is 11.5 Å². The monoisotopic (exact) mass is 410 g/mol. The minimum Gasteiger partial charge on any atom is -0.454 e. The van der Waals surface area contributed by atoms with Crippen molar-refractivity contribution in [2.24, 2.45) is 0 Å². The van der Waals surface area contributed by atoms with E-state index in [1.54, 1.807) is 30.5 Å². The van der Waals surface area contributed by atoms with Crippen molar-refractivity contribution in [3.05, 3.63) is 83.3 Å². The molecule has 2 aromatic carbocycles. The average Bonchev–Trinajstić information content (AvgIpc) is 3.21. The zero-order valence-electron chi connectivity index (χ0n) is 15.6. The lowest BCUT2D eigenvalue weighted by molar-refractivity contribution is 0.0950. The fraction of sp³-hybridized carbons (Fsp3) is 0.182. The van der Waals surface area contributed by atoms with E-state index in [-0.39, 0.29) is 18.5 Å². The van der Waals surface area contributed by atoms with E-state index in [0.717, 1.165) is 22.6 Å². The molecule has 7 heteroatoms. The van der Waals surface area contributed by atoms with Gasteiger partial charge in [-0.2, -0.15) is 0 Å². The van der Waals surface area contributed by atoms with Crippen LogP contribution in [0.5, 0.6) is 11.5 Å². The normalized spacial score (nSPS) is 12.0. The predicted molar refractivity (Wildman–Crippen MR) is 109 cm³/mol. The number of pyridine rings is 1. The highest BCUT2D eigenvalue weighted by Crippen LogP contribution is 2.32. The minimum absolute atomic E-state index is 0.166. The molecule has 0 saturated carbocycles. The summed E-state index contributed by atoms with van der Waals surface area (Å²) < 4.78 is 23.7. The van der Waals surface area contributed by atoms with Crippen molar-refractivity contribution < 1.29 is 18.7 Å². The van der Waals surface area contributed by atoms with Gasteiger partial charge in [0.05, 0.1) is 5.56 Å². The van der Waals surface area contributed by atoms with Gasteiger partial charge in [0, 0.05) is 18.5 Å². The third kappa shape index (κ3) is 4.86. The molecule has 2 heterocycles. The van der Waals surface area contributed by atoms with Crippen LogP contribution in [0.3, 0.4) is 0 Å². The van der Waals surface area contributed by atoms with E-state index in [0.29, 0.717) is 29.3 Å². The van der Waals surface area contributed by atoms with Crippen molar-refractivity contribution >= 4 is 17.7 Å². The first-order valence-corrected chi connectivity index (χ1v) is 10.2. The van der Waals surface area contributed by atoms with E-state index in [1.807, 2.05) is 18.2 Å². The molecular weight excluding hydrogens is 391 g/mol. The van der Waals surface area contributed by atoms with E-state index in [4.69, 9.17) is 9.47 Å². The summed E-state index contributed by atoms with van der Waals surface area (Å²) in [7, 11) is 0. The molecule has 1 aliphatic rings. The van der Waals surface area contributed by atoms with Gasteiger partial charge in [-0.3, -0.25) is 4.79 Å². The lowest BCUT2D eigenvalue weighted by Crippen LogP contribution is -2.26. The Morgan fingerprint density at radius 3 is 2.72 bits per heavy atom. The Labute approximate surface area is 172 Å². The second-order valence-corrected chi connectivity index (χ2v) is 7.43. The van der Waals surface area contributed by atoms with Crippen LogP contribution in [0.2, 0.25) is 0 Å². The Morgan fingerprint density at radius 1 is 1.07 bits per heavy atom. The molecule has 1 aromatic heterocycles. The van der Waals surface area contributed by atoms with Crippen LogP contribution in [-0.4, -0.2) is 24.2 Å². The second kappa shape index (κ2) is 8.96. The number of carbonyl (C=O) groups excluding carboxylic acids is 1. The van der Waals surface area contributed by atoms with Crippen LogP contribution in [0.15, 0.2) is 65.8 Å². The summed E-state index contributed by atoms with van der Waals surface area (Å²) in [4.78, 5) is 17.0. The van der Waals surface area contributed by atoms with Gasteiger partial charge < -0.3 is 14.8 Å². The summed E-state index contributed by atoms with van der Waals surface area (Å²) in [6.45, 7) is 0.740. The van der Waals surface area contributed by atoms with E-state index in [2.05, 4.69) is 10.3 Å². The molecule has 0 fully saturated rings. The van der Waals surface area contributed by atoms with Gasteiger partial charge in [-0.1, -0.05) is 18.2 Å². The van der Waals surface area contributed by atoms with E-state index >= 15 is 0 Å². The maximum Gasteiger partial charge on any atom is 0.254 e. The second-order valence-electron chi connectivity index (χ2n) is 6.46. The number of rotatable bonds is 7. The molecule has 0 bridgehead atoms. The van der Waals surface area contributed by atoms with Gasteiger partial charge in [-0.05, 0) is 53.9 Å². The summed E-state index contributed by atoms with van der Waals surface area (Å²) in [5, 5.41) is 3.60. The summed E-state index contributed by atoms with van der Waals surface area (Å²) in [5.41, 5.74) is 2.56. The molecule has 1 amide bonds. The molecular formula is C22H19FN2O3S. The number of nitrogens with one attached hydrogen (secondary N) is 1. The molecule has 0 aliphatic carbocycles. The number of carbonyl (C=O) groups is 1. The van der Waals surface area contributed by atoms with Crippen LogP contribution in [-0.2, 0) is 12.2 Å². The van der Waals surface area contributed by atoms with Gasteiger partial charge in [0.25, 0.3) is 5.91 Å².